The van der Waals surface area contributed by atoms with Crippen LogP contribution in [0.2, 0.25) is 0 Å². The molecule has 82 valence electrons. The minimum absolute atomic E-state index is 0.177. The molecule has 1 heterocycles. The third-order valence-corrected chi connectivity index (χ3v) is 3.32. The van der Waals surface area contributed by atoms with Crippen molar-refractivity contribution in [2.75, 3.05) is 4.90 Å². The molecule has 1 saturated heterocycles. The van der Waals surface area contributed by atoms with Gasteiger partial charge in [0, 0.05) is 5.69 Å². The minimum Gasteiger partial charge on any atom is -0.354 e. The number of hydrogen-bond donors (Lipinski definition) is 0. The number of aryl methyl sites for hydroxylation is 1. The molecule has 0 amide bonds. The summed E-state index contributed by atoms with van der Waals surface area (Å²) in [7, 11) is 0. The first-order chi connectivity index (χ1) is 7.11. The van der Waals surface area contributed by atoms with Crippen LogP contribution in [0, 0.1) is 6.92 Å². The summed E-state index contributed by atoms with van der Waals surface area (Å²) in [5.41, 5.74) is 2.61. The number of benzene rings is 1. The van der Waals surface area contributed by atoms with Gasteiger partial charge in [-0.25, -0.2) is 0 Å². The average molecular weight is 205 g/mol. The summed E-state index contributed by atoms with van der Waals surface area (Å²) in [4.78, 5) is 2.36. The zero-order valence-electron chi connectivity index (χ0n) is 9.90. The van der Waals surface area contributed by atoms with E-state index in [1.165, 1.54) is 11.3 Å². The highest BCUT2D eigenvalue weighted by atomic mass is 16.5. The van der Waals surface area contributed by atoms with E-state index in [4.69, 9.17) is 4.74 Å². The first kappa shape index (κ1) is 10.5. The van der Waals surface area contributed by atoms with Crippen LogP contribution >= 0.6 is 0 Å². The third kappa shape index (κ3) is 1.74. The van der Waals surface area contributed by atoms with E-state index in [1.54, 1.807) is 0 Å². The molecule has 0 aliphatic carbocycles. The van der Waals surface area contributed by atoms with Gasteiger partial charge in [-0.15, -0.1) is 0 Å². The molecule has 0 bridgehead atoms. The van der Waals surface area contributed by atoms with Crippen molar-refractivity contribution in [3.05, 3.63) is 29.8 Å². The first-order valence-corrected chi connectivity index (χ1v) is 5.60. The maximum atomic E-state index is 5.82. The molecule has 1 fully saturated rings. The molecule has 0 N–H and O–H groups in total. The lowest BCUT2D eigenvalue weighted by atomic mass is 10.1. The Kier molecular flexibility index (Phi) is 2.70. The molecule has 1 aromatic carbocycles. The molecule has 1 aliphatic rings. The number of para-hydroxylation sites is 1. The van der Waals surface area contributed by atoms with E-state index in [0.29, 0.717) is 12.1 Å². The SMILES string of the molecule is Cc1ccccc1N1C(C)OC(C)[C@@H]1C. The van der Waals surface area contributed by atoms with Crippen molar-refractivity contribution < 1.29 is 4.74 Å². The van der Waals surface area contributed by atoms with Gasteiger partial charge in [0.15, 0.2) is 0 Å². The van der Waals surface area contributed by atoms with Crippen LogP contribution in [-0.4, -0.2) is 18.4 Å². The smallest absolute Gasteiger partial charge is 0.128 e. The van der Waals surface area contributed by atoms with Gasteiger partial charge in [-0.3, -0.25) is 0 Å². The second-order valence-electron chi connectivity index (χ2n) is 4.37. The van der Waals surface area contributed by atoms with E-state index >= 15 is 0 Å². The normalized spacial score (nSPS) is 30.9. The third-order valence-electron chi connectivity index (χ3n) is 3.32. The Morgan fingerprint density at radius 3 is 2.33 bits per heavy atom. The fourth-order valence-electron chi connectivity index (χ4n) is 2.32. The molecule has 2 unspecified atom stereocenters. The van der Waals surface area contributed by atoms with Crippen LogP contribution < -0.4 is 4.90 Å². The fourth-order valence-corrected chi connectivity index (χ4v) is 2.32. The number of anilines is 1. The molecule has 1 aliphatic heterocycles. The maximum absolute atomic E-state index is 5.82. The van der Waals surface area contributed by atoms with E-state index in [-0.39, 0.29) is 6.23 Å². The summed E-state index contributed by atoms with van der Waals surface area (Å²) in [6, 6.07) is 8.93. The van der Waals surface area contributed by atoms with Gasteiger partial charge < -0.3 is 9.64 Å². The van der Waals surface area contributed by atoms with Crippen molar-refractivity contribution in [1.29, 1.82) is 0 Å². The van der Waals surface area contributed by atoms with Gasteiger partial charge in [0.1, 0.15) is 6.23 Å². The maximum Gasteiger partial charge on any atom is 0.128 e. The zero-order chi connectivity index (χ0) is 11.0. The van der Waals surface area contributed by atoms with Crippen LogP contribution in [0.25, 0.3) is 0 Å². The van der Waals surface area contributed by atoms with Crippen molar-refractivity contribution in [3.63, 3.8) is 0 Å². The molecule has 2 heteroatoms. The van der Waals surface area contributed by atoms with Gasteiger partial charge >= 0.3 is 0 Å². The van der Waals surface area contributed by atoms with E-state index < -0.39 is 0 Å². The van der Waals surface area contributed by atoms with Gasteiger partial charge in [-0.2, -0.15) is 0 Å². The van der Waals surface area contributed by atoms with Gasteiger partial charge in [0.05, 0.1) is 12.1 Å². The molecule has 2 nitrogen and oxygen atoms in total. The molecule has 0 radical (unpaired) electrons. The summed E-state index contributed by atoms with van der Waals surface area (Å²) in [6.45, 7) is 8.63. The van der Waals surface area contributed by atoms with Crippen molar-refractivity contribution in [3.8, 4) is 0 Å². The molecular weight excluding hydrogens is 186 g/mol. The van der Waals surface area contributed by atoms with Crippen molar-refractivity contribution in [2.24, 2.45) is 0 Å². The monoisotopic (exact) mass is 205 g/mol. The van der Waals surface area contributed by atoms with Crippen molar-refractivity contribution in [1.82, 2.24) is 0 Å². The van der Waals surface area contributed by atoms with Crippen LogP contribution in [0.15, 0.2) is 24.3 Å². The predicted octanol–water partition coefficient (Wildman–Crippen LogP) is 2.95. The van der Waals surface area contributed by atoms with Crippen molar-refractivity contribution in [2.45, 2.75) is 46.1 Å². The molecule has 0 aromatic heterocycles. The molecule has 2 rings (SSSR count). The standard InChI is InChI=1S/C13H19NO/c1-9-7-5-6-8-13(9)14-10(2)11(3)15-12(14)4/h5-8,10-12H,1-4H3/t10-,11?,12?/m0/s1. The van der Waals surface area contributed by atoms with E-state index in [1.807, 2.05) is 0 Å². The zero-order valence-corrected chi connectivity index (χ0v) is 9.90. The van der Waals surface area contributed by atoms with Gasteiger partial charge in [0.2, 0.25) is 0 Å². The number of nitrogens with zero attached hydrogens (tertiary/aromatic N) is 1. The van der Waals surface area contributed by atoms with Crippen LogP contribution in [0.1, 0.15) is 26.3 Å². The van der Waals surface area contributed by atoms with Crippen LogP contribution in [0.5, 0.6) is 0 Å². The summed E-state index contributed by atoms with van der Waals surface area (Å²) in [5.74, 6) is 0. The largest absolute Gasteiger partial charge is 0.354 e. The Bertz CT molecular complexity index is 350. The Balaban J connectivity index is 2.35. The molecule has 15 heavy (non-hydrogen) atoms. The second kappa shape index (κ2) is 3.86. The number of ether oxygens (including phenoxy) is 1. The molecular formula is C13H19NO. The Morgan fingerprint density at radius 1 is 1.13 bits per heavy atom. The quantitative estimate of drug-likeness (QED) is 0.699. The first-order valence-electron chi connectivity index (χ1n) is 5.60. The number of hydrogen-bond acceptors (Lipinski definition) is 2. The van der Waals surface area contributed by atoms with E-state index in [0.717, 1.165) is 0 Å². The Hall–Kier alpha value is -1.02. The Morgan fingerprint density at radius 2 is 1.80 bits per heavy atom. The minimum atomic E-state index is 0.177. The van der Waals surface area contributed by atoms with Crippen LogP contribution in [0.3, 0.4) is 0 Å². The lowest BCUT2D eigenvalue weighted by molar-refractivity contribution is 0.0648. The van der Waals surface area contributed by atoms with Gasteiger partial charge in [0.25, 0.3) is 0 Å². The highest BCUT2D eigenvalue weighted by molar-refractivity contribution is 5.54. The second-order valence-corrected chi connectivity index (χ2v) is 4.37. The highest BCUT2D eigenvalue weighted by Gasteiger charge is 2.34. The molecule has 0 saturated carbocycles. The van der Waals surface area contributed by atoms with Crippen LogP contribution in [0.4, 0.5) is 5.69 Å². The lowest BCUT2D eigenvalue weighted by Crippen LogP contribution is -2.35. The van der Waals surface area contributed by atoms with Gasteiger partial charge in [-0.05, 0) is 39.3 Å². The van der Waals surface area contributed by atoms with Gasteiger partial charge in [-0.1, -0.05) is 18.2 Å². The summed E-state index contributed by atoms with van der Waals surface area (Å²) >= 11 is 0. The fraction of sp³-hybridized carbons (Fsp3) is 0.538. The molecule has 3 atom stereocenters. The summed E-state index contributed by atoms with van der Waals surface area (Å²) in [6.07, 6.45) is 0.482. The summed E-state index contributed by atoms with van der Waals surface area (Å²) in [5, 5.41) is 0. The average Bonchev–Trinajstić information content (AvgIpc) is 2.43. The predicted molar refractivity (Wildman–Crippen MR) is 63.1 cm³/mol. The lowest BCUT2D eigenvalue weighted by Gasteiger charge is -2.28. The molecule has 0 spiro atoms. The van der Waals surface area contributed by atoms with E-state index in [9.17, 15) is 0 Å². The topological polar surface area (TPSA) is 12.5 Å². The number of rotatable bonds is 1. The van der Waals surface area contributed by atoms with Crippen LogP contribution in [-0.2, 0) is 4.74 Å². The molecule has 1 aromatic rings. The highest BCUT2D eigenvalue weighted by Crippen LogP contribution is 2.31. The van der Waals surface area contributed by atoms with E-state index in [2.05, 4.69) is 56.9 Å². The Labute approximate surface area is 91.9 Å². The summed E-state index contributed by atoms with van der Waals surface area (Å²) < 4.78 is 5.82. The van der Waals surface area contributed by atoms with Crippen molar-refractivity contribution >= 4 is 5.69 Å².